The van der Waals surface area contributed by atoms with Crippen molar-refractivity contribution >= 4 is 0 Å². The number of hydrogen-bond acceptors (Lipinski definition) is 4. The summed E-state index contributed by atoms with van der Waals surface area (Å²) in [6.07, 6.45) is 0.937. The van der Waals surface area contributed by atoms with E-state index in [-0.39, 0.29) is 11.7 Å². The van der Waals surface area contributed by atoms with Crippen molar-refractivity contribution in [2.45, 2.75) is 39.3 Å². The Labute approximate surface area is 153 Å². The van der Waals surface area contributed by atoms with Crippen LogP contribution < -0.4 is 4.74 Å². The molecule has 0 radical (unpaired) electrons. The first kappa shape index (κ1) is 17.5. The Morgan fingerprint density at radius 3 is 2.69 bits per heavy atom. The van der Waals surface area contributed by atoms with Gasteiger partial charge >= 0.3 is 0 Å². The van der Waals surface area contributed by atoms with E-state index in [4.69, 9.17) is 9.47 Å². The van der Waals surface area contributed by atoms with E-state index in [0.29, 0.717) is 17.9 Å². The van der Waals surface area contributed by atoms with E-state index in [1.54, 1.807) is 6.07 Å². The van der Waals surface area contributed by atoms with Gasteiger partial charge in [0.25, 0.3) is 0 Å². The Morgan fingerprint density at radius 2 is 1.96 bits per heavy atom. The number of rotatable bonds is 4. The van der Waals surface area contributed by atoms with Crippen LogP contribution in [0.3, 0.4) is 0 Å². The molecule has 2 aliphatic rings. The minimum Gasteiger partial charge on any atom is -0.478 e. The van der Waals surface area contributed by atoms with Gasteiger partial charge in [0.2, 0.25) is 5.88 Å². The summed E-state index contributed by atoms with van der Waals surface area (Å²) in [6, 6.07) is 5.52. The molecule has 0 bridgehead atoms. The van der Waals surface area contributed by atoms with Crippen molar-refractivity contribution in [3.8, 4) is 17.1 Å². The quantitative estimate of drug-likeness (QED) is 0.839. The molecule has 0 saturated carbocycles. The lowest BCUT2D eigenvalue weighted by atomic mass is 9.97. The molecule has 0 aliphatic carbocycles. The van der Waals surface area contributed by atoms with Gasteiger partial charge < -0.3 is 9.47 Å². The molecule has 26 heavy (non-hydrogen) atoms. The van der Waals surface area contributed by atoms with Gasteiger partial charge in [0.15, 0.2) is 0 Å². The highest BCUT2D eigenvalue weighted by atomic mass is 19.1. The van der Waals surface area contributed by atoms with Gasteiger partial charge in [-0.2, -0.15) is 5.10 Å². The number of aryl methyl sites for hydroxylation is 1. The van der Waals surface area contributed by atoms with Crippen LogP contribution in [0.4, 0.5) is 4.39 Å². The van der Waals surface area contributed by atoms with Crippen LogP contribution in [0.2, 0.25) is 0 Å². The molecule has 1 fully saturated rings. The van der Waals surface area contributed by atoms with Gasteiger partial charge in [-0.3, -0.25) is 4.90 Å². The van der Waals surface area contributed by atoms with Crippen molar-refractivity contribution in [1.82, 2.24) is 14.7 Å². The van der Waals surface area contributed by atoms with Crippen molar-refractivity contribution in [1.29, 1.82) is 0 Å². The smallest absolute Gasteiger partial charge is 0.215 e. The second-order valence-corrected chi connectivity index (χ2v) is 7.35. The second-order valence-electron chi connectivity index (χ2n) is 7.35. The molecule has 1 aromatic carbocycles. The third-order valence-corrected chi connectivity index (χ3v) is 5.07. The number of ether oxygens (including phenoxy) is 2. The van der Waals surface area contributed by atoms with E-state index in [1.807, 2.05) is 16.8 Å². The lowest BCUT2D eigenvalue weighted by Crippen LogP contribution is -2.35. The molecule has 0 N–H and O–H groups in total. The first-order valence-corrected chi connectivity index (χ1v) is 9.46. The summed E-state index contributed by atoms with van der Waals surface area (Å²) in [4.78, 5) is 2.29. The van der Waals surface area contributed by atoms with E-state index < -0.39 is 0 Å². The maximum absolute atomic E-state index is 15.0. The van der Waals surface area contributed by atoms with Crippen LogP contribution in [0.15, 0.2) is 18.2 Å². The Balaban J connectivity index is 1.64. The molecule has 0 atom stereocenters. The minimum absolute atomic E-state index is 0.215. The first-order valence-electron chi connectivity index (χ1n) is 9.46. The average molecular weight is 359 g/mol. The fourth-order valence-corrected chi connectivity index (χ4v) is 3.73. The Kier molecular flexibility index (Phi) is 4.96. The van der Waals surface area contributed by atoms with E-state index in [0.717, 1.165) is 62.8 Å². The number of aromatic nitrogens is 2. The second kappa shape index (κ2) is 7.37. The van der Waals surface area contributed by atoms with Gasteiger partial charge in [-0.1, -0.05) is 19.9 Å². The normalized spacial score (nSPS) is 18.0. The van der Waals surface area contributed by atoms with Gasteiger partial charge in [-0.25, -0.2) is 9.07 Å². The third kappa shape index (κ3) is 3.35. The number of nitrogens with zero attached hydrogens (tertiary/aromatic N) is 3. The maximum Gasteiger partial charge on any atom is 0.215 e. The molecule has 1 saturated heterocycles. The molecule has 2 aromatic rings. The van der Waals surface area contributed by atoms with E-state index in [9.17, 15) is 4.39 Å². The summed E-state index contributed by atoms with van der Waals surface area (Å²) in [5, 5.41) is 4.67. The number of morpholine rings is 1. The van der Waals surface area contributed by atoms with Crippen molar-refractivity contribution in [2.24, 2.45) is 0 Å². The van der Waals surface area contributed by atoms with E-state index >= 15 is 0 Å². The van der Waals surface area contributed by atoms with Crippen molar-refractivity contribution in [3.63, 3.8) is 0 Å². The molecule has 0 amide bonds. The third-order valence-electron chi connectivity index (χ3n) is 5.07. The van der Waals surface area contributed by atoms with Gasteiger partial charge in [0, 0.05) is 43.7 Å². The molecule has 0 spiro atoms. The highest BCUT2D eigenvalue weighted by Crippen LogP contribution is 2.38. The predicted octanol–water partition coefficient (Wildman–Crippen LogP) is 3.43. The molecule has 140 valence electrons. The molecule has 1 aromatic heterocycles. The summed E-state index contributed by atoms with van der Waals surface area (Å²) in [5.74, 6) is 0.811. The molecule has 4 rings (SSSR count). The Morgan fingerprint density at radius 1 is 1.15 bits per heavy atom. The molecule has 2 aliphatic heterocycles. The summed E-state index contributed by atoms with van der Waals surface area (Å²) in [5.41, 5.74) is 3.27. The lowest BCUT2D eigenvalue weighted by Gasteiger charge is -2.26. The molecular weight excluding hydrogens is 333 g/mol. The standard InChI is InChI=1S/C20H26FN3O2/c1-14(2)18-19(22-24-6-3-9-26-20(18)24)16-5-4-15(12-17(16)21)13-23-7-10-25-11-8-23/h4-5,12,14H,3,6-11,13H2,1-2H3. The molecule has 3 heterocycles. The van der Waals surface area contributed by atoms with E-state index in [1.165, 1.54) is 0 Å². The maximum atomic E-state index is 15.0. The zero-order chi connectivity index (χ0) is 18.1. The monoisotopic (exact) mass is 359 g/mol. The van der Waals surface area contributed by atoms with Crippen LogP contribution in [0.5, 0.6) is 5.88 Å². The van der Waals surface area contributed by atoms with Crippen LogP contribution in [-0.4, -0.2) is 47.6 Å². The van der Waals surface area contributed by atoms with E-state index in [2.05, 4.69) is 23.8 Å². The van der Waals surface area contributed by atoms with Crippen LogP contribution in [0.1, 0.15) is 37.3 Å². The largest absolute Gasteiger partial charge is 0.478 e. The highest BCUT2D eigenvalue weighted by molar-refractivity contribution is 5.67. The van der Waals surface area contributed by atoms with Gasteiger partial charge in [0.1, 0.15) is 11.5 Å². The van der Waals surface area contributed by atoms with Crippen LogP contribution in [0, 0.1) is 5.82 Å². The zero-order valence-corrected chi connectivity index (χ0v) is 15.5. The summed E-state index contributed by atoms with van der Waals surface area (Å²) >= 11 is 0. The SMILES string of the molecule is CC(C)c1c(-c2ccc(CN3CCOCC3)cc2F)nn2c1OCCC2. The van der Waals surface area contributed by atoms with Crippen LogP contribution in [0.25, 0.3) is 11.3 Å². The summed E-state index contributed by atoms with van der Waals surface area (Å²) < 4.78 is 28.1. The summed E-state index contributed by atoms with van der Waals surface area (Å²) in [7, 11) is 0. The van der Waals surface area contributed by atoms with Crippen molar-refractivity contribution in [2.75, 3.05) is 32.9 Å². The fourth-order valence-electron chi connectivity index (χ4n) is 3.73. The van der Waals surface area contributed by atoms with Crippen LogP contribution >= 0.6 is 0 Å². The fraction of sp³-hybridized carbons (Fsp3) is 0.550. The topological polar surface area (TPSA) is 39.5 Å². The Hall–Kier alpha value is -1.92. The molecule has 0 unspecified atom stereocenters. The predicted molar refractivity (Wildman–Crippen MR) is 97.9 cm³/mol. The summed E-state index contributed by atoms with van der Waals surface area (Å²) in [6.45, 7) is 9.76. The number of hydrogen-bond donors (Lipinski definition) is 0. The Bertz CT molecular complexity index is 782. The van der Waals surface area contributed by atoms with Crippen molar-refractivity contribution in [3.05, 3.63) is 35.1 Å². The van der Waals surface area contributed by atoms with Crippen molar-refractivity contribution < 1.29 is 13.9 Å². The average Bonchev–Trinajstić information content (AvgIpc) is 3.02. The lowest BCUT2D eigenvalue weighted by molar-refractivity contribution is 0.0341. The number of halogens is 1. The zero-order valence-electron chi connectivity index (χ0n) is 15.5. The van der Waals surface area contributed by atoms with Crippen LogP contribution in [-0.2, 0) is 17.8 Å². The molecular formula is C20H26FN3O2. The molecule has 6 heteroatoms. The number of fused-ring (bicyclic) bond motifs is 1. The minimum atomic E-state index is -0.215. The molecule has 5 nitrogen and oxygen atoms in total. The van der Waals surface area contributed by atoms with Gasteiger partial charge in [-0.05, 0) is 23.6 Å². The highest BCUT2D eigenvalue weighted by Gasteiger charge is 2.26. The first-order chi connectivity index (χ1) is 12.6. The van der Waals surface area contributed by atoms with Gasteiger partial charge in [0.05, 0.1) is 19.8 Å². The van der Waals surface area contributed by atoms with Gasteiger partial charge in [-0.15, -0.1) is 0 Å². The number of benzene rings is 1.